The molecule has 1 fully saturated rings. The summed E-state index contributed by atoms with van der Waals surface area (Å²) in [6, 6.07) is 4.44. The standard InChI is InChI=1S/C20H26N4O5/c1-2-23-7-9-24(10-8-23)19(20(28)29)15-12-21-16-4-3-13(11-14(15)16)22-17(25)5-6-18(26)27/h3-4,11-12,19,21H,2,5-10H2,1H3,(H,22,25)(H,26,27)(H,28,29)/t19-/m0/s1. The van der Waals surface area contributed by atoms with Crippen LogP contribution in [0, 0.1) is 0 Å². The second-order valence-corrected chi connectivity index (χ2v) is 7.16. The lowest BCUT2D eigenvalue weighted by molar-refractivity contribution is -0.144. The van der Waals surface area contributed by atoms with Gasteiger partial charge in [0, 0.05) is 61.0 Å². The summed E-state index contributed by atoms with van der Waals surface area (Å²) in [5.41, 5.74) is 1.94. The van der Waals surface area contributed by atoms with Crippen LogP contribution in [0.2, 0.25) is 0 Å². The van der Waals surface area contributed by atoms with Crippen LogP contribution in [-0.4, -0.2) is 75.6 Å². The van der Waals surface area contributed by atoms with Gasteiger partial charge in [-0.2, -0.15) is 0 Å². The van der Waals surface area contributed by atoms with E-state index in [0.29, 0.717) is 24.3 Å². The van der Waals surface area contributed by atoms with E-state index in [0.717, 1.165) is 30.5 Å². The minimum atomic E-state index is -1.03. The van der Waals surface area contributed by atoms with Crippen molar-refractivity contribution in [1.29, 1.82) is 0 Å². The Bertz CT molecular complexity index is 901. The minimum absolute atomic E-state index is 0.118. The van der Waals surface area contributed by atoms with E-state index in [2.05, 4.69) is 22.1 Å². The number of amides is 1. The number of carbonyl (C=O) groups excluding carboxylic acids is 1. The first kappa shape index (κ1) is 20.8. The van der Waals surface area contributed by atoms with Gasteiger partial charge in [-0.3, -0.25) is 19.3 Å². The molecule has 9 heteroatoms. The number of carboxylic acid groups (broad SMARTS) is 2. The largest absolute Gasteiger partial charge is 0.481 e. The normalized spacial score (nSPS) is 16.6. The van der Waals surface area contributed by atoms with Gasteiger partial charge in [0.15, 0.2) is 0 Å². The van der Waals surface area contributed by atoms with Crippen LogP contribution < -0.4 is 5.32 Å². The molecule has 0 radical (unpaired) electrons. The number of nitrogens with zero attached hydrogens (tertiary/aromatic N) is 2. The number of fused-ring (bicyclic) bond motifs is 1. The molecule has 0 spiro atoms. The summed E-state index contributed by atoms with van der Waals surface area (Å²) in [7, 11) is 0. The van der Waals surface area contributed by atoms with Crippen molar-refractivity contribution in [2.75, 3.05) is 38.0 Å². The molecule has 1 aromatic heterocycles. The number of rotatable bonds is 8. The molecule has 1 amide bonds. The summed E-state index contributed by atoms with van der Waals surface area (Å²) in [5, 5.41) is 22.0. The van der Waals surface area contributed by atoms with Gasteiger partial charge in [0.05, 0.1) is 6.42 Å². The highest BCUT2D eigenvalue weighted by molar-refractivity contribution is 5.96. The van der Waals surface area contributed by atoms with Crippen LogP contribution in [0.15, 0.2) is 24.4 Å². The summed E-state index contributed by atoms with van der Waals surface area (Å²) in [6.45, 7) is 6.03. The summed E-state index contributed by atoms with van der Waals surface area (Å²) < 4.78 is 0. The molecule has 2 heterocycles. The minimum Gasteiger partial charge on any atom is -0.481 e. The van der Waals surface area contributed by atoms with Gasteiger partial charge in [0.1, 0.15) is 6.04 Å². The Balaban J connectivity index is 1.83. The number of carboxylic acids is 2. The molecule has 2 aromatic rings. The van der Waals surface area contributed by atoms with E-state index < -0.39 is 23.9 Å². The second-order valence-electron chi connectivity index (χ2n) is 7.16. The number of hydrogen-bond acceptors (Lipinski definition) is 5. The first-order valence-electron chi connectivity index (χ1n) is 9.71. The number of likely N-dealkylation sites (N-methyl/N-ethyl adjacent to an activating group) is 1. The smallest absolute Gasteiger partial charge is 0.325 e. The average Bonchev–Trinajstić information content (AvgIpc) is 3.10. The number of anilines is 1. The Labute approximate surface area is 168 Å². The zero-order chi connectivity index (χ0) is 21.0. The molecule has 1 aliphatic rings. The van der Waals surface area contributed by atoms with Crippen LogP contribution in [0.3, 0.4) is 0 Å². The Hall–Kier alpha value is -2.91. The van der Waals surface area contributed by atoms with Crippen molar-refractivity contribution in [2.24, 2.45) is 0 Å². The highest BCUT2D eigenvalue weighted by Crippen LogP contribution is 2.31. The third-order valence-electron chi connectivity index (χ3n) is 5.31. The summed E-state index contributed by atoms with van der Waals surface area (Å²) >= 11 is 0. The van der Waals surface area contributed by atoms with Gasteiger partial charge < -0.3 is 25.4 Å². The molecule has 156 valence electrons. The molecule has 4 N–H and O–H groups in total. The number of benzene rings is 1. The number of aliphatic carboxylic acids is 2. The van der Waals surface area contributed by atoms with Crippen LogP contribution >= 0.6 is 0 Å². The molecule has 1 atom stereocenters. The number of piperazine rings is 1. The van der Waals surface area contributed by atoms with Crippen molar-refractivity contribution in [3.05, 3.63) is 30.0 Å². The number of hydrogen-bond donors (Lipinski definition) is 4. The monoisotopic (exact) mass is 402 g/mol. The Morgan fingerprint density at radius 3 is 2.48 bits per heavy atom. The highest BCUT2D eigenvalue weighted by Gasteiger charge is 2.31. The molecule has 0 bridgehead atoms. The van der Waals surface area contributed by atoms with E-state index in [4.69, 9.17) is 5.11 Å². The molecular weight excluding hydrogens is 376 g/mol. The fourth-order valence-electron chi connectivity index (χ4n) is 3.71. The van der Waals surface area contributed by atoms with Gasteiger partial charge in [0.2, 0.25) is 5.91 Å². The average molecular weight is 402 g/mol. The molecule has 0 unspecified atom stereocenters. The van der Waals surface area contributed by atoms with Crippen LogP contribution in [0.5, 0.6) is 0 Å². The molecule has 3 rings (SSSR count). The molecule has 1 aromatic carbocycles. The van der Waals surface area contributed by atoms with Gasteiger partial charge in [-0.1, -0.05) is 6.92 Å². The summed E-state index contributed by atoms with van der Waals surface area (Å²) in [4.78, 5) is 42.0. The number of carbonyl (C=O) groups is 3. The Morgan fingerprint density at radius 2 is 1.86 bits per heavy atom. The van der Waals surface area contributed by atoms with Crippen LogP contribution in [-0.2, 0) is 14.4 Å². The van der Waals surface area contributed by atoms with E-state index in [1.54, 1.807) is 24.4 Å². The molecular formula is C20H26N4O5. The first-order valence-corrected chi connectivity index (χ1v) is 9.71. The van der Waals surface area contributed by atoms with Crippen LogP contribution in [0.1, 0.15) is 31.4 Å². The van der Waals surface area contributed by atoms with Gasteiger partial charge >= 0.3 is 11.9 Å². The Morgan fingerprint density at radius 1 is 1.14 bits per heavy atom. The molecule has 29 heavy (non-hydrogen) atoms. The van der Waals surface area contributed by atoms with Crippen molar-refractivity contribution in [3.8, 4) is 0 Å². The SMILES string of the molecule is CCN1CCN([C@H](C(=O)O)c2c[nH]c3ccc(NC(=O)CCC(=O)O)cc23)CC1. The van der Waals surface area contributed by atoms with E-state index in [1.807, 2.05) is 4.90 Å². The molecule has 1 aliphatic heterocycles. The van der Waals surface area contributed by atoms with E-state index in [-0.39, 0.29) is 12.8 Å². The maximum Gasteiger partial charge on any atom is 0.325 e. The van der Waals surface area contributed by atoms with Gasteiger partial charge in [-0.25, -0.2) is 0 Å². The predicted octanol–water partition coefficient (Wildman–Crippen LogP) is 1.73. The number of aromatic nitrogens is 1. The number of aromatic amines is 1. The molecule has 0 aliphatic carbocycles. The zero-order valence-electron chi connectivity index (χ0n) is 16.4. The lowest BCUT2D eigenvalue weighted by atomic mass is 10.0. The third kappa shape index (κ3) is 4.93. The molecule has 0 saturated carbocycles. The highest BCUT2D eigenvalue weighted by atomic mass is 16.4. The van der Waals surface area contributed by atoms with Crippen molar-refractivity contribution in [2.45, 2.75) is 25.8 Å². The van der Waals surface area contributed by atoms with Gasteiger partial charge in [-0.05, 0) is 24.7 Å². The third-order valence-corrected chi connectivity index (χ3v) is 5.31. The maximum atomic E-state index is 12.1. The fourth-order valence-corrected chi connectivity index (χ4v) is 3.71. The first-order chi connectivity index (χ1) is 13.9. The second kappa shape index (κ2) is 9.06. The van der Waals surface area contributed by atoms with E-state index in [9.17, 15) is 19.5 Å². The summed E-state index contributed by atoms with van der Waals surface area (Å²) in [6.07, 6.45) is 1.35. The zero-order valence-corrected chi connectivity index (χ0v) is 16.4. The predicted molar refractivity (Wildman–Crippen MR) is 108 cm³/mol. The van der Waals surface area contributed by atoms with Crippen molar-refractivity contribution in [3.63, 3.8) is 0 Å². The lowest BCUT2D eigenvalue weighted by Gasteiger charge is -2.37. The summed E-state index contributed by atoms with van der Waals surface area (Å²) in [5.74, 6) is -2.34. The van der Waals surface area contributed by atoms with Crippen molar-refractivity contribution in [1.82, 2.24) is 14.8 Å². The number of H-pyrrole nitrogens is 1. The van der Waals surface area contributed by atoms with Crippen LogP contribution in [0.25, 0.3) is 10.9 Å². The lowest BCUT2D eigenvalue weighted by Crippen LogP contribution is -2.49. The van der Waals surface area contributed by atoms with Crippen molar-refractivity contribution >= 4 is 34.4 Å². The number of nitrogens with one attached hydrogen (secondary N) is 2. The molecule has 9 nitrogen and oxygen atoms in total. The van der Waals surface area contributed by atoms with E-state index >= 15 is 0 Å². The van der Waals surface area contributed by atoms with Crippen molar-refractivity contribution < 1.29 is 24.6 Å². The Kier molecular flexibility index (Phi) is 6.50. The topological polar surface area (TPSA) is 126 Å². The van der Waals surface area contributed by atoms with Gasteiger partial charge in [-0.15, -0.1) is 0 Å². The fraction of sp³-hybridized carbons (Fsp3) is 0.450. The van der Waals surface area contributed by atoms with Gasteiger partial charge in [0.25, 0.3) is 0 Å². The van der Waals surface area contributed by atoms with Crippen LogP contribution in [0.4, 0.5) is 5.69 Å². The quantitative estimate of drug-likeness (QED) is 0.530. The molecule has 1 saturated heterocycles. The van der Waals surface area contributed by atoms with E-state index in [1.165, 1.54) is 0 Å². The maximum absolute atomic E-state index is 12.1.